The van der Waals surface area contributed by atoms with E-state index in [2.05, 4.69) is 6.07 Å². The minimum atomic E-state index is -0.366. The van der Waals surface area contributed by atoms with Gasteiger partial charge in [-0.3, -0.25) is 9.59 Å². The van der Waals surface area contributed by atoms with Crippen LogP contribution in [0.25, 0.3) is 5.70 Å². The first-order valence-electron chi connectivity index (χ1n) is 11.7. The summed E-state index contributed by atoms with van der Waals surface area (Å²) in [6.45, 7) is 3.61. The average Bonchev–Trinajstić information content (AvgIpc) is 3.34. The molecular formula is C27H27FN4O3S. The Kier molecular flexibility index (Phi) is 7.96. The van der Waals surface area contributed by atoms with E-state index in [1.165, 1.54) is 23.9 Å². The quantitative estimate of drug-likeness (QED) is 0.421. The number of carbonyl (C=O) groups is 2. The molecule has 4 rings (SSSR count). The van der Waals surface area contributed by atoms with Crippen molar-refractivity contribution in [2.75, 3.05) is 38.2 Å². The van der Waals surface area contributed by atoms with E-state index in [1.807, 2.05) is 29.4 Å². The van der Waals surface area contributed by atoms with Crippen molar-refractivity contribution in [3.05, 3.63) is 75.9 Å². The molecule has 1 fully saturated rings. The summed E-state index contributed by atoms with van der Waals surface area (Å²) >= 11 is 1.28. The Morgan fingerprint density at radius 1 is 1.03 bits per heavy atom. The molecule has 0 aromatic heterocycles. The summed E-state index contributed by atoms with van der Waals surface area (Å²) in [7, 11) is 1.58. The molecule has 186 valence electrons. The fourth-order valence-corrected chi connectivity index (χ4v) is 5.20. The van der Waals surface area contributed by atoms with Gasteiger partial charge in [0.2, 0.25) is 5.91 Å². The minimum Gasteiger partial charge on any atom is -0.497 e. The Hall–Kier alpha value is -3.77. The third kappa shape index (κ3) is 5.24. The maximum atomic E-state index is 13.6. The maximum Gasteiger partial charge on any atom is 0.267 e. The number of methoxy groups -OCH3 is 1. The van der Waals surface area contributed by atoms with Crippen LogP contribution in [0.15, 0.2) is 64.5 Å². The van der Waals surface area contributed by atoms with Crippen LogP contribution in [0.2, 0.25) is 0 Å². The number of carbonyl (C=O) groups excluding carboxylic acids is 2. The average molecular weight is 507 g/mol. The van der Waals surface area contributed by atoms with Gasteiger partial charge in [0.1, 0.15) is 28.2 Å². The number of piperazine rings is 1. The van der Waals surface area contributed by atoms with Crippen LogP contribution >= 0.6 is 11.8 Å². The van der Waals surface area contributed by atoms with Gasteiger partial charge < -0.3 is 19.4 Å². The molecule has 2 heterocycles. The van der Waals surface area contributed by atoms with Gasteiger partial charge in [0.05, 0.1) is 12.8 Å². The molecule has 2 aromatic carbocycles. The number of hydrogen-bond donors (Lipinski definition) is 0. The van der Waals surface area contributed by atoms with Crippen molar-refractivity contribution in [1.29, 1.82) is 5.26 Å². The molecule has 0 spiro atoms. The lowest BCUT2D eigenvalue weighted by molar-refractivity contribution is -0.137. The standard InChI is InChI=1S/C27H27FN4O3S/c1-3-4-25(33)30-13-15-31(16-14-30)26(34)23(17-29)27-32(21-9-11-22(35-2)12-10-21)24(18-36-27)19-5-7-20(28)8-6-19/h5-12,18H,3-4,13-16H2,1-2H3/b27-23-. The molecule has 0 bridgehead atoms. The van der Waals surface area contributed by atoms with Gasteiger partial charge in [-0.25, -0.2) is 4.39 Å². The molecule has 0 atom stereocenters. The third-order valence-corrected chi connectivity index (χ3v) is 7.07. The second kappa shape index (κ2) is 11.3. The van der Waals surface area contributed by atoms with Crippen molar-refractivity contribution >= 4 is 35.0 Å². The topological polar surface area (TPSA) is 76.9 Å². The van der Waals surface area contributed by atoms with Crippen LogP contribution in [0, 0.1) is 17.1 Å². The van der Waals surface area contributed by atoms with Gasteiger partial charge in [-0.2, -0.15) is 5.26 Å². The number of ether oxygens (including phenoxy) is 1. The number of nitriles is 1. The van der Waals surface area contributed by atoms with Crippen molar-refractivity contribution in [1.82, 2.24) is 9.80 Å². The molecule has 0 unspecified atom stereocenters. The Bertz CT molecular complexity index is 1230. The van der Waals surface area contributed by atoms with E-state index in [0.29, 0.717) is 43.4 Å². The van der Waals surface area contributed by atoms with E-state index in [4.69, 9.17) is 4.74 Å². The van der Waals surface area contributed by atoms with E-state index in [1.54, 1.807) is 41.2 Å². The van der Waals surface area contributed by atoms with Crippen LogP contribution in [0.3, 0.4) is 0 Å². The molecule has 0 saturated carbocycles. The van der Waals surface area contributed by atoms with Gasteiger partial charge in [0.15, 0.2) is 0 Å². The highest BCUT2D eigenvalue weighted by Gasteiger charge is 2.33. The zero-order valence-corrected chi connectivity index (χ0v) is 21.1. The summed E-state index contributed by atoms with van der Waals surface area (Å²) in [5.41, 5.74) is 2.25. The SMILES string of the molecule is CCCC(=O)N1CCN(C(=O)/C(C#N)=C2\SC=C(c3ccc(F)cc3)N2c2ccc(OC)cc2)CC1. The molecule has 2 aliphatic heterocycles. The number of rotatable bonds is 6. The summed E-state index contributed by atoms with van der Waals surface area (Å²) in [5.74, 6) is 0.0558. The van der Waals surface area contributed by atoms with Crippen LogP contribution in [-0.4, -0.2) is 54.9 Å². The van der Waals surface area contributed by atoms with Crippen LogP contribution < -0.4 is 9.64 Å². The van der Waals surface area contributed by atoms with Crippen molar-refractivity contribution in [3.63, 3.8) is 0 Å². The summed E-state index contributed by atoms with van der Waals surface area (Å²) in [6.07, 6.45) is 1.27. The number of anilines is 1. The monoisotopic (exact) mass is 506 g/mol. The van der Waals surface area contributed by atoms with Crippen LogP contribution in [0.4, 0.5) is 10.1 Å². The molecule has 2 amide bonds. The van der Waals surface area contributed by atoms with Crippen LogP contribution in [0.5, 0.6) is 5.75 Å². The Labute approximate surface area is 214 Å². The fraction of sp³-hybridized carbons (Fsp3) is 0.296. The highest BCUT2D eigenvalue weighted by atomic mass is 32.2. The van der Waals surface area contributed by atoms with E-state index >= 15 is 0 Å². The van der Waals surface area contributed by atoms with Gasteiger partial charge in [0, 0.05) is 43.7 Å². The molecular weight excluding hydrogens is 479 g/mol. The van der Waals surface area contributed by atoms with Crippen molar-refractivity contribution in [2.45, 2.75) is 19.8 Å². The lowest BCUT2D eigenvalue weighted by atomic mass is 10.1. The minimum absolute atomic E-state index is 0.0255. The lowest BCUT2D eigenvalue weighted by Crippen LogP contribution is -2.51. The highest BCUT2D eigenvalue weighted by Crippen LogP contribution is 2.45. The molecule has 1 saturated heterocycles. The molecule has 0 N–H and O–H groups in total. The van der Waals surface area contributed by atoms with Crippen LogP contribution in [0.1, 0.15) is 25.3 Å². The smallest absolute Gasteiger partial charge is 0.267 e. The summed E-state index contributed by atoms with van der Waals surface area (Å²) in [4.78, 5) is 31.0. The summed E-state index contributed by atoms with van der Waals surface area (Å²) < 4.78 is 18.9. The van der Waals surface area contributed by atoms with Gasteiger partial charge in [-0.15, -0.1) is 0 Å². The van der Waals surface area contributed by atoms with Gasteiger partial charge in [0.25, 0.3) is 5.91 Å². The lowest BCUT2D eigenvalue weighted by Gasteiger charge is -2.35. The number of thioether (sulfide) groups is 1. The first-order chi connectivity index (χ1) is 17.5. The zero-order valence-electron chi connectivity index (χ0n) is 20.2. The summed E-state index contributed by atoms with van der Waals surface area (Å²) in [5, 5.41) is 12.4. The fourth-order valence-electron chi connectivity index (χ4n) is 4.18. The van der Waals surface area contributed by atoms with Gasteiger partial charge in [-0.05, 0) is 60.5 Å². The number of nitrogens with zero attached hydrogens (tertiary/aromatic N) is 4. The predicted molar refractivity (Wildman–Crippen MR) is 138 cm³/mol. The van der Waals surface area contributed by atoms with Gasteiger partial charge in [-0.1, -0.05) is 18.7 Å². The number of halogens is 1. The van der Waals surface area contributed by atoms with Gasteiger partial charge >= 0.3 is 0 Å². The van der Waals surface area contributed by atoms with Crippen molar-refractivity contribution < 1.29 is 18.7 Å². The van der Waals surface area contributed by atoms with E-state index in [0.717, 1.165) is 23.4 Å². The largest absolute Gasteiger partial charge is 0.497 e. The third-order valence-electron chi connectivity index (χ3n) is 6.12. The van der Waals surface area contributed by atoms with Crippen molar-refractivity contribution in [3.8, 4) is 11.8 Å². The second-order valence-corrected chi connectivity index (χ2v) is 9.23. The predicted octanol–water partition coefficient (Wildman–Crippen LogP) is 4.59. The maximum absolute atomic E-state index is 13.6. The van der Waals surface area contributed by atoms with E-state index < -0.39 is 0 Å². The van der Waals surface area contributed by atoms with Crippen molar-refractivity contribution in [2.24, 2.45) is 0 Å². The number of benzene rings is 2. The molecule has 2 aromatic rings. The molecule has 7 nitrogen and oxygen atoms in total. The Morgan fingerprint density at radius 3 is 2.25 bits per heavy atom. The molecule has 0 aliphatic carbocycles. The first kappa shape index (κ1) is 25.3. The Morgan fingerprint density at radius 2 is 1.67 bits per heavy atom. The van der Waals surface area contributed by atoms with E-state index in [-0.39, 0.29) is 23.2 Å². The normalized spacial score (nSPS) is 16.9. The zero-order chi connectivity index (χ0) is 25.7. The Balaban J connectivity index is 1.66. The molecule has 0 radical (unpaired) electrons. The number of hydrogen-bond acceptors (Lipinski definition) is 6. The molecule has 36 heavy (non-hydrogen) atoms. The summed E-state index contributed by atoms with van der Waals surface area (Å²) in [6, 6.07) is 15.5. The van der Waals surface area contributed by atoms with E-state index in [9.17, 15) is 19.2 Å². The highest BCUT2D eigenvalue weighted by molar-refractivity contribution is 8.06. The molecule has 2 aliphatic rings. The second-order valence-electron chi connectivity index (χ2n) is 8.38. The first-order valence-corrected chi connectivity index (χ1v) is 12.6. The molecule has 9 heteroatoms. The van der Waals surface area contributed by atoms with Crippen LogP contribution in [-0.2, 0) is 9.59 Å². The number of amides is 2.